The first kappa shape index (κ1) is 19.4. The summed E-state index contributed by atoms with van der Waals surface area (Å²) in [5.41, 5.74) is 7.70. The summed E-state index contributed by atoms with van der Waals surface area (Å²) in [5.74, 6) is -0.0105. The molecule has 0 saturated heterocycles. The molecule has 152 valence electrons. The number of aryl methyl sites for hydroxylation is 1. The normalized spacial score (nSPS) is 14.4. The molecule has 0 unspecified atom stereocenters. The van der Waals surface area contributed by atoms with Crippen LogP contribution >= 0.6 is 11.6 Å². The summed E-state index contributed by atoms with van der Waals surface area (Å²) >= 11 is 6.06. The van der Waals surface area contributed by atoms with Gasteiger partial charge in [0.15, 0.2) is 0 Å². The Bertz CT molecular complexity index is 1320. The van der Waals surface area contributed by atoms with Crippen LogP contribution in [0.4, 0.5) is 11.4 Å². The van der Waals surface area contributed by atoms with E-state index in [-0.39, 0.29) is 5.91 Å². The molecule has 31 heavy (non-hydrogen) atoms. The molecule has 4 heteroatoms. The molecule has 0 N–H and O–H groups in total. The zero-order valence-corrected chi connectivity index (χ0v) is 18.1. The van der Waals surface area contributed by atoms with Gasteiger partial charge in [-0.3, -0.25) is 9.69 Å². The molecule has 1 aromatic heterocycles. The Kier molecular flexibility index (Phi) is 4.76. The number of para-hydroxylation sites is 2. The van der Waals surface area contributed by atoms with E-state index in [4.69, 9.17) is 11.6 Å². The van der Waals surface area contributed by atoms with E-state index in [1.54, 1.807) is 4.90 Å². The largest absolute Gasteiger partial charge is 0.318 e. The van der Waals surface area contributed by atoms with Gasteiger partial charge >= 0.3 is 0 Å². The molecule has 5 rings (SSSR count). The number of anilines is 2. The predicted molar refractivity (Wildman–Crippen MR) is 128 cm³/mol. The van der Waals surface area contributed by atoms with Gasteiger partial charge in [0.05, 0.1) is 11.3 Å². The van der Waals surface area contributed by atoms with Gasteiger partial charge in [0.25, 0.3) is 5.91 Å². The summed E-state index contributed by atoms with van der Waals surface area (Å²) in [4.78, 5) is 15.3. The molecule has 0 atom stereocenters. The molecule has 1 amide bonds. The van der Waals surface area contributed by atoms with E-state index in [2.05, 4.69) is 24.5 Å². The second-order valence-electron chi connectivity index (χ2n) is 7.69. The van der Waals surface area contributed by atoms with Gasteiger partial charge in [0.2, 0.25) is 0 Å². The summed E-state index contributed by atoms with van der Waals surface area (Å²) < 4.78 is 2.18. The number of hydrogen-bond acceptors (Lipinski definition) is 1. The number of hydrogen-bond donors (Lipinski definition) is 0. The highest BCUT2D eigenvalue weighted by molar-refractivity contribution is 6.38. The second-order valence-corrected chi connectivity index (χ2v) is 8.13. The van der Waals surface area contributed by atoms with Gasteiger partial charge in [-0.2, -0.15) is 0 Å². The lowest BCUT2D eigenvalue weighted by atomic mass is 10.0. The fourth-order valence-electron chi connectivity index (χ4n) is 4.29. The van der Waals surface area contributed by atoms with Gasteiger partial charge in [-0.1, -0.05) is 48.0 Å². The van der Waals surface area contributed by atoms with E-state index in [9.17, 15) is 4.79 Å². The maximum Gasteiger partial charge on any atom is 0.263 e. The monoisotopic (exact) mass is 424 g/mol. The smallest absolute Gasteiger partial charge is 0.263 e. The van der Waals surface area contributed by atoms with Gasteiger partial charge < -0.3 is 4.57 Å². The third-order valence-corrected chi connectivity index (χ3v) is 5.99. The molecule has 2 heterocycles. The molecule has 0 spiro atoms. The number of amides is 1. The summed E-state index contributed by atoms with van der Waals surface area (Å²) in [7, 11) is 0. The van der Waals surface area contributed by atoms with Crippen molar-refractivity contribution in [2.45, 2.75) is 13.8 Å². The first-order valence-corrected chi connectivity index (χ1v) is 10.6. The number of halogens is 1. The standard InChI is InChI=1S/C27H21ClN2O/c1-18-16-20(19(2)29(18)23-14-12-21(28)13-15-23)17-25-24-10-6-7-11-26(24)30(27(25)31)22-8-4-3-5-9-22/h3-17H,1-2H3/b25-17+. The van der Waals surface area contributed by atoms with Crippen LogP contribution in [0.2, 0.25) is 5.02 Å². The van der Waals surface area contributed by atoms with E-state index in [0.717, 1.165) is 39.6 Å². The van der Waals surface area contributed by atoms with Crippen LogP contribution in [0.25, 0.3) is 17.3 Å². The lowest BCUT2D eigenvalue weighted by Crippen LogP contribution is -2.20. The van der Waals surface area contributed by atoms with Crippen LogP contribution in [-0.4, -0.2) is 10.5 Å². The van der Waals surface area contributed by atoms with Crippen molar-refractivity contribution < 1.29 is 4.79 Å². The van der Waals surface area contributed by atoms with Crippen molar-refractivity contribution in [1.82, 2.24) is 4.57 Å². The van der Waals surface area contributed by atoms with Crippen molar-refractivity contribution in [2.75, 3.05) is 4.90 Å². The minimum absolute atomic E-state index is 0.0105. The predicted octanol–water partition coefficient (Wildman–Crippen LogP) is 6.97. The van der Waals surface area contributed by atoms with Crippen LogP contribution in [0.15, 0.2) is 84.9 Å². The van der Waals surface area contributed by atoms with Crippen LogP contribution in [0.3, 0.4) is 0 Å². The Morgan fingerprint density at radius 2 is 1.48 bits per heavy atom. The summed E-state index contributed by atoms with van der Waals surface area (Å²) in [5, 5.41) is 0.711. The molecule has 0 saturated carbocycles. The molecule has 0 radical (unpaired) electrons. The van der Waals surface area contributed by atoms with Crippen molar-refractivity contribution in [1.29, 1.82) is 0 Å². The Morgan fingerprint density at radius 1 is 0.806 bits per heavy atom. The van der Waals surface area contributed by atoms with Gasteiger partial charge in [-0.05, 0) is 74.0 Å². The van der Waals surface area contributed by atoms with Crippen molar-refractivity contribution in [2.24, 2.45) is 0 Å². The molecule has 1 aliphatic rings. The van der Waals surface area contributed by atoms with Crippen molar-refractivity contribution >= 4 is 40.5 Å². The lowest BCUT2D eigenvalue weighted by molar-refractivity contribution is -0.112. The van der Waals surface area contributed by atoms with Gasteiger partial charge in [0, 0.05) is 33.3 Å². The highest BCUT2D eigenvalue weighted by atomic mass is 35.5. The molecular weight excluding hydrogens is 404 g/mol. The van der Waals surface area contributed by atoms with Gasteiger partial charge in [-0.15, -0.1) is 0 Å². The van der Waals surface area contributed by atoms with E-state index in [1.165, 1.54) is 0 Å². The van der Waals surface area contributed by atoms with E-state index in [1.807, 2.05) is 84.9 Å². The summed E-state index contributed by atoms with van der Waals surface area (Å²) in [6.07, 6.45) is 2.01. The van der Waals surface area contributed by atoms with Gasteiger partial charge in [0.1, 0.15) is 0 Å². The topological polar surface area (TPSA) is 25.2 Å². The van der Waals surface area contributed by atoms with Crippen molar-refractivity contribution in [3.8, 4) is 5.69 Å². The lowest BCUT2D eigenvalue weighted by Gasteiger charge is -2.16. The number of carbonyl (C=O) groups excluding carboxylic acids is 1. The fraction of sp³-hybridized carbons (Fsp3) is 0.0741. The molecule has 3 aromatic carbocycles. The van der Waals surface area contributed by atoms with Crippen LogP contribution in [-0.2, 0) is 4.79 Å². The highest BCUT2D eigenvalue weighted by Gasteiger charge is 2.33. The van der Waals surface area contributed by atoms with Crippen LogP contribution in [0.5, 0.6) is 0 Å². The maximum atomic E-state index is 13.5. The zero-order chi connectivity index (χ0) is 21.5. The Balaban J connectivity index is 1.63. The fourth-order valence-corrected chi connectivity index (χ4v) is 4.42. The summed E-state index contributed by atoms with van der Waals surface area (Å²) in [6, 6.07) is 27.7. The third kappa shape index (κ3) is 3.28. The number of carbonyl (C=O) groups is 1. The molecule has 0 aliphatic carbocycles. The molecule has 4 aromatic rings. The first-order chi connectivity index (χ1) is 15.0. The molecule has 1 aliphatic heterocycles. The Morgan fingerprint density at radius 3 is 2.23 bits per heavy atom. The van der Waals surface area contributed by atoms with Crippen LogP contribution in [0.1, 0.15) is 22.5 Å². The van der Waals surface area contributed by atoms with Crippen LogP contribution < -0.4 is 4.90 Å². The average Bonchev–Trinajstić information content (AvgIpc) is 3.22. The second kappa shape index (κ2) is 7.60. The van der Waals surface area contributed by atoms with Crippen molar-refractivity contribution in [3.05, 3.63) is 112 Å². The van der Waals surface area contributed by atoms with E-state index < -0.39 is 0 Å². The average molecular weight is 425 g/mol. The Hall–Kier alpha value is -3.56. The number of aromatic nitrogens is 1. The molecule has 0 fully saturated rings. The number of benzene rings is 3. The maximum absolute atomic E-state index is 13.5. The van der Waals surface area contributed by atoms with Crippen molar-refractivity contribution in [3.63, 3.8) is 0 Å². The van der Waals surface area contributed by atoms with Crippen LogP contribution in [0, 0.1) is 13.8 Å². The summed E-state index contributed by atoms with van der Waals surface area (Å²) in [6.45, 7) is 4.15. The molecular formula is C27H21ClN2O. The zero-order valence-electron chi connectivity index (χ0n) is 17.3. The number of rotatable bonds is 3. The van der Waals surface area contributed by atoms with E-state index >= 15 is 0 Å². The van der Waals surface area contributed by atoms with Gasteiger partial charge in [-0.25, -0.2) is 0 Å². The highest BCUT2D eigenvalue weighted by Crippen LogP contribution is 2.42. The molecule has 3 nitrogen and oxygen atoms in total. The third-order valence-electron chi connectivity index (χ3n) is 5.74. The van der Waals surface area contributed by atoms with E-state index in [0.29, 0.717) is 10.6 Å². The molecule has 0 bridgehead atoms. The first-order valence-electron chi connectivity index (χ1n) is 10.2. The Labute approximate surface area is 186 Å². The number of fused-ring (bicyclic) bond motifs is 1. The minimum atomic E-state index is -0.0105. The SMILES string of the molecule is Cc1cc(/C=C2/C(=O)N(c3ccccc3)c3ccccc32)c(C)n1-c1ccc(Cl)cc1. The quantitative estimate of drug-likeness (QED) is 0.326. The minimum Gasteiger partial charge on any atom is -0.318 e. The number of nitrogens with zero attached hydrogens (tertiary/aromatic N) is 2.